The van der Waals surface area contributed by atoms with Crippen LogP contribution in [0.4, 0.5) is 11.4 Å². The summed E-state index contributed by atoms with van der Waals surface area (Å²) in [4.78, 5) is 28.2. The number of benzene rings is 3. The topological polar surface area (TPSA) is 70.7 Å². The molecule has 6 nitrogen and oxygen atoms in total. The molecule has 1 heterocycles. The number of amides is 2. The first-order valence-electron chi connectivity index (χ1n) is 12.3. The van der Waals surface area contributed by atoms with Crippen molar-refractivity contribution in [1.82, 2.24) is 5.32 Å². The van der Waals surface area contributed by atoms with Gasteiger partial charge in [0, 0.05) is 48.2 Å². The van der Waals surface area contributed by atoms with Crippen molar-refractivity contribution in [3.05, 3.63) is 94.0 Å². The summed E-state index contributed by atoms with van der Waals surface area (Å²) in [6.45, 7) is 2.63. The summed E-state index contributed by atoms with van der Waals surface area (Å²) in [7, 11) is 1.61. The molecule has 1 fully saturated rings. The minimum Gasteiger partial charge on any atom is -0.383 e. The maximum absolute atomic E-state index is 13.1. The number of anilines is 2. The van der Waals surface area contributed by atoms with E-state index in [0.717, 1.165) is 42.5 Å². The second kappa shape index (κ2) is 12.7. The predicted octanol–water partition coefficient (Wildman–Crippen LogP) is 5.54. The molecule has 188 valence electrons. The van der Waals surface area contributed by atoms with Crippen LogP contribution < -0.4 is 15.5 Å². The molecule has 0 spiro atoms. The van der Waals surface area contributed by atoms with Crippen molar-refractivity contribution in [1.29, 1.82) is 0 Å². The van der Waals surface area contributed by atoms with E-state index in [-0.39, 0.29) is 11.8 Å². The summed E-state index contributed by atoms with van der Waals surface area (Å²) in [5, 5.41) is 5.86. The third-order valence-electron chi connectivity index (χ3n) is 6.50. The van der Waals surface area contributed by atoms with E-state index in [9.17, 15) is 9.59 Å². The lowest BCUT2D eigenvalue weighted by Crippen LogP contribution is -2.36. The van der Waals surface area contributed by atoms with Crippen LogP contribution in [0.2, 0.25) is 0 Å². The molecule has 0 atom stereocenters. The summed E-state index contributed by atoms with van der Waals surface area (Å²) in [5.74, 6) is 0.231. The molecule has 1 aliphatic rings. The Hall–Kier alpha value is -3.16. The molecule has 3 aromatic carbocycles. The van der Waals surface area contributed by atoms with Crippen LogP contribution in [0.3, 0.4) is 0 Å². The summed E-state index contributed by atoms with van der Waals surface area (Å²) in [6, 6.07) is 23.4. The summed E-state index contributed by atoms with van der Waals surface area (Å²) in [5.41, 5.74) is 3.95. The molecule has 3 aromatic rings. The van der Waals surface area contributed by atoms with Crippen molar-refractivity contribution in [3.63, 3.8) is 0 Å². The second-order valence-electron chi connectivity index (χ2n) is 9.07. The minimum atomic E-state index is -0.225. The molecule has 0 aliphatic carbocycles. The zero-order valence-corrected chi connectivity index (χ0v) is 22.1. The molecule has 4 rings (SSSR count). The lowest BCUT2D eigenvalue weighted by molar-refractivity contribution is 0.0936. The average Bonchev–Trinajstić information content (AvgIpc) is 2.90. The summed E-state index contributed by atoms with van der Waals surface area (Å²) < 4.78 is 5.92. The molecule has 7 heteroatoms. The molecule has 2 N–H and O–H groups in total. The van der Waals surface area contributed by atoms with Gasteiger partial charge in [0.25, 0.3) is 11.8 Å². The molecule has 36 heavy (non-hydrogen) atoms. The number of methoxy groups -OCH3 is 1. The normalized spacial score (nSPS) is 13.9. The third kappa shape index (κ3) is 6.95. The van der Waals surface area contributed by atoms with Crippen LogP contribution >= 0.6 is 15.9 Å². The fourth-order valence-electron chi connectivity index (χ4n) is 4.59. The number of carbonyl (C=O) groups excluding carboxylic acids is 2. The van der Waals surface area contributed by atoms with Gasteiger partial charge in [0.05, 0.1) is 12.2 Å². The number of ether oxygens (including phenoxy) is 1. The van der Waals surface area contributed by atoms with Crippen LogP contribution in [0.1, 0.15) is 39.1 Å². The van der Waals surface area contributed by atoms with Gasteiger partial charge in [0.1, 0.15) is 0 Å². The van der Waals surface area contributed by atoms with Gasteiger partial charge in [-0.25, -0.2) is 0 Å². The average molecular weight is 550 g/mol. The Kier molecular flexibility index (Phi) is 9.14. The zero-order chi connectivity index (χ0) is 25.3. The molecule has 0 radical (unpaired) electrons. The Morgan fingerprint density at radius 2 is 1.75 bits per heavy atom. The van der Waals surface area contributed by atoms with Gasteiger partial charge >= 0.3 is 0 Å². The molecular formula is C29H32BrN3O3. The van der Waals surface area contributed by atoms with E-state index in [2.05, 4.69) is 61.8 Å². The SMILES string of the molecule is COCCNC(=O)c1cc(NC(=O)c2cccc(Br)c2)ccc1N1CCC(Cc2ccccc2)CC1. The Bertz CT molecular complexity index is 1180. The number of halogens is 1. The van der Waals surface area contributed by atoms with Crippen molar-refractivity contribution in [3.8, 4) is 0 Å². The second-order valence-corrected chi connectivity index (χ2v) is 9.98. The Balaban J connectivity index is 1.49. The van der Waals surface area contributed by atoms with Gasteiger partial charge in [0.2, 0.25) is 0 Å². The highest BCUT2D eigenvalue weighted by molar-refractivity contribution is 9.10. The Labute approximate surface area is 221 Å². The Morgan fingerprint density at radius 3 is 2.47 bits per heavy atom. The maximum Gasteiger partial charge on any atom is 0.255 e. The first-order valence-corrected chi connectivity index (χ1v) is 13.1. The fourth-order valence-corrected chi connectivity index (χ4v) is 4.99. The van der Waals surface area contributed by atoms with E-state index < -0.39 is 0 Å². The van der Waals surface area contributed by atoms with Gasteiger partial charge in [-0.05, 0) is 67.1 Å². The van der Waals surface area contributed by atoms with Crippen LogP contribution in [0.15, 0.2) is 77.3 Å². The molecule has 1 aliphatic heterocycles. The van der Waals surface area contributed by atoms with Gasteiger partial charge < -0.3 is 20.3 Å². The van der Waals surface area contributed by atoms with Gasteiger partial charge in [-0.3, -0.25) is 9.59 Å². The number of hydrogen-bond acceptors (Lipinski definition) is 4. The van der Waals surface area contributed by atoms with Crippen LogP contribution in [-0.2, 0) is 11.2 Å². The van der Waals surface area contributed by atoms with E-state index in [1.54, 1.807) is 25.3 Å². The molecule has 2 amide bonds. The summed E-state index contributed by atoms with van der Waals surface area (Å²) in [6.07, 6.45) is 3.22. The molecule has 0 saturated carbocycles. The van der Waals surface area contributed by atoms with Crippen LogP contribution in [0.5, 0.6) is 0 Å². The minimum absolute atomic E-state index is 0.174. The first kappa shape index (κ1) is 25.9. The van der Waals surface area contributed by atoms with E-state index >= 15 is 0 Å². The van der Waals surface area contributed by atoms with Gasteiger partial charge in [-0.15, -0.1) is 0 Å². The predicted molar refractivity (Wildman–Crippen MR) is 148 cm³/mol. The fraction of sp³-hybridized carbons (Fsp3) is 0.310. The van der Waals surface area contributed by atoms with Crippen molar-refractivity contribution in [2.24, 2.45) is 5.92 Å². The van der Waals surface area contributed by atoms with Crippen molar-refractivity contribution in [2.45, 2.75) is 19.3 Å². The molecule has 0 bridgehead atoms. The largest absolute Gasteiger partial charge is 0.383 e. The Morgan fingerprint density at radius 1 is 0.972 bits per heavy atom. The highest BCUT2D eigenvalue weighted by Crippen LogP contribution is 2.30. The number of piperidine rings is 1. The lowest BCUT2D eigenvalue weighted by Gasteiger charge is -2.35. The summed E-state index contributed by atoms with van der Waals surface area (Å²) >= 11 is 3.40. The van der Waals surface area contributed by atoms with E-state index in [1.165, 1.54) is 5.56 Å². The smallest absolute Gasteiger partial charge is 0.255 e. The van der Waals surface area contributed by atoms with Crippen molar-refractivity contribution in [2.75, 3.05) is 43.6 Å². The van der Waals surface area contributed by atoms with Crippen LogP contribution in [-0.4, -0.2) is 45.2 Å². The molecule has 0 aromatic heterocycles. The van der Waals surface area contributed by atoms with Gasteiger partial charge in [-0.2, -0.15) is 0 Å². The highest BCUT2D eigenvalue weighted by atomic mass is 79.9. The first-order chi connectivity index (χ1) is 17.5. The van der Waals surface area contributed by atoms with Gasteiger partial charge in [0.15, 0.2) is 0 Å². The van der Waals surface area contributed by atoms with Crippen molar-refractivity contribution < 1.29 is 14.3 Å². The van der Waals surface area contributed by atoms with E-state index in [4.69, 9.17) is 4.74 Å². The van der Waals surface area contributed by atoms with Crippen LogP contribution in [0, 0.1) is 5.92 Å². The number of carbonyl (C=O) groups is 2. The van der Waals surface area contributed by atoms with E-state index in [0.29, 0.717) is 35.9 Å². The van der Waals surface area contributed by atoms with Crippen LogP contribution in [0.25, 0.3) is 0 Å². The monoisotopic (exact) mass is 549 g/mol. The zero-order valence-electron chi connectivity index (χ0n) is 20.5. The van der Waals surface area contributed by atoms with Gasteiger partial charge in [-0.1, -0.05) is 52.3 Å². The number of rotatable bonds is 9. The molecule has 0 unspecified atom stereocenters. The highest BCUT2D eigenvalue weighted by Gasteiger charge is 2.24. The quantitative estimate of drug-likeness (QED) is 0.344. The molecule has 1 saturated heterocycles. The third-order valence-corrected chi connectivity index (χ3v) is 6.99. The lowest BCUT2D eigenvalue weighted by atomic mass is 9.89. The molecular weight excluding hydrogens is 518 g/mol. The standard InChI is InChI=1S/C29H32BrN3O3/c1-36-17-14-31-29(35)26-20-25(32-28(34)23-8-5-9-24(30)19-23)10-11-27(26)33-15-12-22(13-16-33)18-21-6-3-2-4-7-21/h2-11,19-20,22H,12-18H2,1H3,(H,31,35)(H,32,34). The number of nitrogens with zero attached hydrogens (tertiary/aromatic N) is 1. The maximum atomic E-state index is 13.1. The van der Waals surface area contributed by atoms with Crippen molar-refractivity contribution >= 4 is 39.1 Å². The number of hydrogen-bond donors (Lipinski definition) is 2. The number of nitrogens with one attached hydrogen (secondary N) is 2. The van der Waals surface area contributed by atoms with E-state index in [1.807, 2.05) is 24.3 Å².